The highest BCUT2D eigenvalue weighted by atomic mass is 35.5. The highest BCUT2D eigenvalue weighted by molar-refractivity contribution is 6.30. The zero-order valence-corrected chi connectivity index (χ0v) is 19.2. The van der Waals surface area contributed by atoms with Gasteiger partial charge in [0.2, 0.25) is 5.91 Å². The molecule has 2 aliphatic heterocycles. The third kappa shape index (κ3) is 5.63. The van der Waals surface area contributed by atoms with Gasteiger partial charge in [-0.15, -0.1) is 0 Å². The summed E-state index contributed by atoms with van der Waals surface area (Å²) in [6.07, 6.45) is 5.44. The van der Waals surface area contributed by atoms with E-state index in [1.54, 1.807) is 12.1 Å². The fourth-order valence-electron chi connectivity index (χ4n) is 4.80. The minimum atomic E-state index is -0.406. The number of carbonyl (C=O) groups excluding carboxylic acids is 2. The van der Waals surface area contributed by atoms with Crippen molar-refractivity contribution in [2.24, 2.45) is 5.41 Å². The Morgan fingerprint density at radius 2 is 1.56 bits per heavy atom. The van der Waals surface area contributed by atoms with Crippen molar-refractivity contribution in [3.05, 3.63) is 65.2 Å². The normalized spacial score (nSPS) is 21.3. The van der Waals surface area contributed by atoms with Gasteiger partial charge in [-0.25, -0.2) is 0 Å². The van der Waals surface area contributed by atoms with Gasteiger partial charge in [0.25, 0.3) is 5.91 Å². The van der Waals surface area contributed by atoms with E-state index in [0.717, 1.165) is 44.5 Å². The minimum absolute atomic E-state index is 0.0200. The summed E-state index contributed by atoms with van der Waals surface area (Å²) < 4.78 is 6.16. The Kier molecular flexibility index (Phi) is 7.36. The van der Waals surface area contributed by atoms with E-state index in [1.165, 1.54) is 6.42 Å². The largest absolute Gasteiger partial charge is 0.493 e. The lowest BCUT2D eigenvalue weighted by Gasteiger charge is -2.43. The molecule has 2 heterocycles. The molecule has 2 aromatic carbocycles. The lowest BCUT2D eigenvalue weighted by atomic mass is 9.77. The molecule has 0 saturated carbocycles. The second-order valence-electron chi connectivity index (χ2n) is 9.06. The van der Waals surface area contributed by atoms with Crippen LogP contribution in [-0.4, -0.2) is 54.4 Å². The van der Waals surface area contributed by atoms with Crippen LogP contribution in [0.15, 0.2) is 54.6 Å². The molecule has 32 heavy (non-hydrogen) atoms. The van der Waals surface area contributed by atoms with Gasteiger partial charge >= 0.3 is 0 Å². The molecule has 2 fully saturated rings. The van der Waals surface area contributed by atoms with Crippen molar-refractivity contribution in [2.45, 2.75) is 38.5 Å². The highest BCUT2D eigenvalue weighted by Gasteiger charge is 2.41. The molecule has 0 unspecified atom stereocenters. The smallest absolute Gasteiger partial charge is 0.253 e. The first-order valence-electron chi connectivity index (χ1n) is 11.6. The number of amides is 2. The molecule has 0 spiro atoms. The molecule has 1 atom stereocenters. The fourth-order valence-corrected chi connectivity index (χ4v) is 4.93. The Labute approximate surface area is 195 Å². The number of hydrogen-bond donors (Lipinski definition) is 0. The second kappa shape index (κ2) is 10.4. The van der Waals surface area contributed by atoms with Gasteiger partial charge in [-0.3, -0.25) is 9.59 Å². The molecular formula is C26H31ClN2O3. The summed E-state index contributed by atoms with van der Waals surface area (Å²) in [5.74, 6) is 0.927. The van der Waals surface area contributed by atoms with Crippen LogP contribution < -0.4 is 4.74 Å². The average Bonchev–Trinajstić information content (AvgIpc) is 2.84. The topological polar surface area (TPSA) is 49.9 Å². The standard InChI is InChI=1S/C26H31ClN2O3/c27-22-10-12-23(13-11-22)32-20-26(18-24(30)28-15-5-2-6-16-28)14-7-17-29(19-26)25(31)21-8-3-1-4-9-21/h1,3-4,8-13H,2,5-7,14-20H2/t26-/m0/s1. The van der Waals surface area contributed by atoms with E-state index in [9.17, 15) is 9.59 Å². The van der Waals surface area contributed by atoms with Crippen molar-refractivity contribution in [3.63, 3.8) is 0 Å². The monoisotopic (exact) mass is 454 g/mol. The molecule has 6 heteroatoms. The Balaban J connectivity index is 1.52. The number of halogens is 1. The summed E-state index contributed by atoms with van der Waals surface area (Å²) in [5, 5.41) is 0.657. The van der Waals surface area contributed by atoms with Crippen LogP contribution >= 0.6 is 11.6 Å². The first kappa shape index (κ1) is 22.7. The maximum Gasteiger partial charge on any atom is 0.253 e. The number of piperidine rings is 2. The number of benzene rings is 2. The van der Waals surface area contributed by atoms with E-state index >= 15 is 0 Å². The Bertz CT molecular complexity index is 912. The van der Waals surface area contributed by atoms with Crippen molar-refractivity contribution in [2.75, 3.05) is 32.8 Å². The van der Waals surface area contributed by atoms with Crippen LogP contribution in [0.2, 0.25) is 5.02 Å². The summed E-state index contributed by atoms with van der Waals surface area (Å²) in [6.45, 7) is 3.29. The Morgan fingerprint density at radius 3 is 2.28 bits per heavy atom. The molecule has 5 nitrogen and oxygen atoms in total. The third-order valence-electron chi connectivity index (χ3n) is 6.56. The van der Waals surface area contributed by atoms with E-state index in [0.29, 0.717) is 36.7 Å². The molecule has 0 radical (unpaired) electrons. The van der Waals surface area contributed by atoms with Gasteiger partial charge in [0.15, 0.2) is 0 Å². The number of nitrogens with zero attached hydrogens (tertiary/aromatic N) is 2. The summed E-state index contributed by atoms with van der Waals surface area (Å²) in [7, 11) is 0. The fraction of sp³-hybridized carbons (Fsp3) is 0.462. The van der Waals surface area contributed by atoms with Crippen LogP contribution in [0.4, 0.5) is 0 Å². The summed E-state index contributed by atoms with van der Waals surface area (Å²) in [6, 6.07) is 16.7. The molecule has 0 aromatic heterocycles. The molecule has 4 rings (SSSR count). The van der Waals surface area contributed by atoms with E-state index in [4.69, 9.17) is 16.3 Å². The zero-order chi connectivity index (χ0) is 22.4. The number of likely N-dealkylation sites (tertiary alicyclic amines) is 2. The van der Waals surface area contributed by atoms with E-state index < -0.39 is 5.41 Å². The maximum absolute atomic E-state index is 13.2. The van der Waals surface area contributed by atoms with Gasteiger partial charge in [0, 0.05) is 48.6 Å². The maximum atomic E-state index is 13.2. The average molecular weight is 455 g/mol. The van der Waals surface area contributed by atoms with Crippen LogP contribution in [0.1, 0.15) is 48.9 Å². The molecule has 0 aliphatic carbocycles. The minimum Gasteiger partial charge on any atom is -0.493 e. The summed E-state index contributed by atoms with van der Waals surface area (Å²) in [5.41, 5.74) is 0.279. The van der Waals surface area contributed by atoms with Gasteiger partial charge in [-0.05, 0) is 68.5 Å². The van der Waals surface area contributed by atoms with Crippen LogP contribution in [-0.2, 0) is 4.79 Å². The molecule has 2 amide bonds. The lowest BCUT2D eigenvalue weighted by Crippen LogP contribution is -2.51. The molecule has 2 aromatic rings. The SMILES string of the molecule is O=C(C[C@@]1(COc2ccc(Cl)cc2)CCCN(C(=O)c2ccccc2)C1)N1CCCCC1. The Morgan fingerprint density at radius 1 is 0.875 bits per heavy atom. The van der Waals surface area contributed by atoms with Crippen molar-refractivity contribution >= 4 is 23.4 Å². The Hall–Kier alpha value is -2.53. The number of hydrogen-bond acceptors (Lipinski definition) is 3. The van der Waals surface area contributed by atoms with E-state index in [2.05, 4.69) is 0 Å². The molecule has 2 aliphatic rings. The number of rotatable bonds is 6. The zero-order valence-electron chi connectivity index (χ0n) is 18.5. The van der Waals surface area contributed by atoms with Gasteiger partial charge < -0.3 is 14.5 Å². The number of carbonyl (C=O) groups is 2. The van der Waals surface area contributed by atoms with Crippen molar-refractivity contribution in [1.82, 2.24) is 9.80 Å². The van der Waals surface area contributed by atoms with Gasteiger partial charge in [-0.1, -0.05) is 29.8 Å². The number of ether oxygens (including phenoxy) is 1. The third-order valence-corrected chi connectivity index (χ3v) is 6.81. The van der Waals surface area contributed by atoms with Crippen LogP contribution in [0.25, 0.3) is 0 Å². The molecular weight excluding hydrogens is 424 g/mol. The lowest BCUT2D eigenvalue weighted by molar-refractivity contribution is -0.136. The van der Waals surface area contributed by atoms with Crippen molar-refractivity contribution in [3.8, 4) is 5.75 Å². The van der Waals surface area contributed by atoms with Crippen molar-refractivity contribution in [1.29, 1.82) is 0 Å². The second-order valence-corrected chi connectivity index (χ2v) is 9.49. The van der Waals surface area contributed by atoms with Crippen molar-refractivity contribution < 1.29 is 14.3 Å². The molecule has 2 saturated heterocycles. The highest BCUT2D eigenvalue weighted by Crippen LogP contribution is 2.36. The molecule has 0 bridgehead atoms. The predicted octanol–water partition coefficient (Wildman–Crippen LogP) is 5.04. The van der Waals surface area contributed by atoms with Gasteiger partial charge in [-0.2, -0.15) is 0 Å². The van der Waals surface area contributed by atoms with Crippen LogP contribution in [0.3, 0.4) is 0 Å². The first-order valence-corrected chi connectivity index (χ1v) is 11.9. The van der Waals surface area contributed by atoms with E-state index in [1.807, 2.05) is 52.3 Å². The molecule has 170 valence electrons. The van der Waals surface area contributed by atoms with Gasteiger partial charge in [0.1, 0.15) is 5.75 Å². The van der Waals surface area contributed by atoms with E-state index in [-0.39, 0.29) is 11.8 Å². The van der Waals surface area contributed by atoms with Crippen LogP contribution in [0, 0.1) is 5.41 Å². The quantitative estimate of drug-likeness (QED) is 0.614. The molecule has 0 N–H and O–H groups in total. The summed E-state index contributed by atoms with van der Waals surface area (Å²) >= 11 is 6.01. The van der Waals surface area contributed by atoms with Gasteiger partial charge in [0.05, 0.1) is 6.61 Å². The first-order chi connectivity index (χ1) is 15.5. The summed E-state index contributed by atoms with van der Waals surface area (Å²) in [4.78, 5) is 30.3. The predicted molar refractivity (Wildman–Crippen MR) is 126 cm³/mol. The van der Waals surface area contributed by atoms with Crippen LogP contribution in [0.5, 0.6) is 5.75 Å².